The number of benzene rings is 1. The fourth-order valence-electron chi connectivity index (χ4n) is 7.07. The van der Waals surface area contributed by atoms with Crippen LogP contribution in [0, 0.1) is 11.8 Å². The molecule has 0 atom stereocenters. The van der Waals surface area contributed by atoms with Crippen LogP contribution in [0.25, 0.3) is 11.4 Å². The molecule has 1 heterocycles. The van der Waals surface area contributed by atoms with Gasteiger partial charge in [0.1, 0.15) is 0 Å². The highest BCUT2D eigenvalue weighted by molar-refractivity contribution is 5.55. The van der Waals surface area contributed by atoms with Gasteiger partial charge in [-0.1, -0.05) is 109 Å². The summed E-state index contributed by atoms with van der Waals surface area (Å²) in [6.45, 7) is 4.61. The second-order valence-corrected chi connectivity index (χ2v) is 12.4. The molecule has 0 radical (unpaired) electrons. The highest BCUT2D eigenvalue weighted by Crippen LogP contribution is 2.39. The lowest BCUT2D eigenvalue weighted by atomic mass is 9.77. The molecule has 2 aromatic rings. The molecule has 37 heavy (non-hydrogen) atoms. The first-order valence-electron chi connectivity index (χ1n) is 16.2. The van der Waals surface area contributed by atoms with Gasteiger partial charge < -0.3 is 0 Å². The smallest absolute Gasteiger partial charge is 0.159 e. The van der Waals surface area contributed by atoms with Gasteiger partial charge in [0.2, 0.25) is 0 Å². The van der Waals surface area contributed by atoms with Crippen molar-refractivity contribution in [2.24, 2.45) is 11.8 Å². The Balaban J connectivity index is 1.19. The summed E-state index contributed by atoms with van der Waals surface area (Å²) in [7, 11) is 0. The van der Waals surface area contributed by atoms with E-state index < -0.39 is 0 Å². The molecule has 0 aliphatic heterocycles. The maximum atomic E-state index is 4.80. The van der Waals surface area contributed by atoms with E-state index in [1.807, 2.05) is 0 Å². The van der Waals surface area contributed by atoms with E-state index in [1.165, 1.54) is 133 Å². The monoisotopic (exact) mass is 502 g/mol. The van der Waals surface area contributed by atoms with Crippen LogP contribution in [0.4, 0.5) is 0 Å². The number of unbranched alkanes of at least 4 members (excludes halogenated alkanes) is 7. The molecule has 0 spiro atoms. The molecule has 1 aromatic carbocycles. The molecule has 0 unspecified atom stereocenters. The van der Waals surface area contributed by atoms with E-state index in [0.29, 0.717) is 5.92 Å². The minimum atomic E-state index is 0.661. The van der Waals surface area contributed by atoms with Gasteiger partial charge in [-0.25, -0.2) is 9.97 Å². The molecule has 2 aliphatic rings. The quantitative estimate of drug-likeness (QED) is 0.240. The third-order valence-electron chi connectivity index (χ3n) is 9.66. The molecular formula is C35H54N2. The van der Waals surface area contributed by atoms with Crippen LogP contribution in [0.1, 0.15) is 159 Å². The lowest BCUT2D eigenvalue weighted by Crippen LogP contribution is -2.14. The Hall–Kier alpha value is -1.70. The molecule has 2 nitrogen and oxygen atoms in total. The predicted molar refractivity (Wildman–Crippen MR) is 159 cm³/mol. The zero-order chi connectivity index (χ0) is 25.7. The predicted octanol–water partition coefficient (Wildman–Crippen LogP) is 11.0. The van der Waals surface area contributed by atoms with E-state index >= 15 is 0 Å². The Morgan fingerprint density at radius 2 is 1.00 bits per heavy atom. The van der Waals surface area contributed by atoms with Crippen molar-refractivity contribution in [1.82, 2.24) is 9.97 Å². The fraction of sp³-hybridized carbons (Fsp3) is 0.714. The number of hydrogen-bond acceptors (Lipinski definition) is 2. The SMILES string of the molecule is CCCCCCCC[C@H]1CC[C@H](c2cnc(-c3ccc([C@H]4CC[C@H](CCCCC)CC4)cc3)nc2)CC1. The first-order chi connectivity index (χ1) is 18.3. The molecule has 2 heteroatoms. The van der Waals surface area contributed by atoms with E-state index in [4.69, 9.17) is 9.97 Å². The number of nitrogens with zero attached hydrogens (tertiary/aromatic N) is 2. The Bertz CT molecular complexity index is 855. The van der Waals surface area contributed by atoms with Crippen LogP contribution >= 0.6 is 0 Å². The van der Waals surface area contributed by atoms with Gasteiger partial charge in [0.25, 0.3) is 0 Å². The van der Waals surface area contributed by atoms with E-state index in [1.54, 1.807) is 0 Å². The molecular weight excluding hydrogens is 448 g/mol. The average Bonchev–Trinajstić information content (AvgIpc) is 2.96. The summed E-state index contributed by atoms with van der Waals surface area (Å²) in [6, 6.07) is 9.20. The van der Waals surface area contributed by atoms with Gasteiger partial charge in [-0.05, 0) is 86.2 Å². The normalized spacial score (nSPS) is 24.3. The lowest BCUT2D eigenvalue weighted by molar-refractivity contribution is 0.301. The molecule has 2 aliphatic carbocycles. The van der Waals surface area contributed by atoms with Crippen molar-refractivity contribution < 1.29 is 0 Å². The van der Waals surface area contributed by atoms with Gasteiger partial charge >= 0.3 is 0 Å². The minimum Gasteiger partial charge on any atom is -0.236 e. The summed E-state index contributed by atoms with van der Waals surface area (Å²) in [4.78, 5) is 9.61. The lowest BCUT2D eigenvalue weighted by Gasteiger charge is -2.29. The van der Waals surface area contributed by atoms with Gasteiger partial charge in [0.05, 0.1) is 0 Å². The molecule has 204 valence electrons. The summed E-state index contributed by atoms with van der Waals surface area (Å²) in [5, 5.41) is 0. The first kappa shape index (κ1) is 28.3. The van der Waals surface area contributed by atoms with Crippen LogP contribution in [0.3, 0.4) is 0 Å². The van der Waals surface area contributed by atoms with Crippen LogP contribution in [0.2, 0.25) is 0 Å². The number of rotatable bonds is 14. The van der Waals surface area contributed by atoms with E-state index in [-0.39, 0.29) is 0 Å². The summed E-state index contributed by atoms with van der Waals surface area (Å²) in [6.07, 6.45) is 30.8. The largest absolute Gasteiger partial charge is 0.236 e. The summed E-state index contributed by atoms with van der Waals surface area (Å²) in [5.41, 5.74) is 4.03. The fourth-order valence-corrected chi connectivity index (χ4v) is 7.07. The zero-order valence-electron chi connectivity index (χ0n) is 24.1. The third-order valence-corrected chi connectivity index (χ3v) is 9.66. The van der Waals surface area contributed by atoms with Crippen molar-refractivity contribution in [3.05, 3.63) is 47.8 Å². The summed E-state index contributed by atoms with van der Waals surface area (Å²) < 4.78 is 0. The molecule has 0 amide bonds. The van der Waals surface area contributed by atoms with Crippen molar-refractivity contribution >= 4 is 0 Å². The number of aromatic nitrogens is 2. The molecule has 4 rings (SSSR count). The number of hydrogen-bond donors (Lipinski definition) is 0. The second-order valence-electron chi connectivity index (χ2n) is 12.4. The molecule has 0 N–H and O–H groups in total. The molecule has 1 aromatic heterocycles. The second kappa shape index (κ2) is 15.6. The van der Waals surface area contributed by atoms with Crippen molar-refractivity contribution in [2.45, 2.75) is 148 Å². The van der Waals surface area contributed by atoms with Crippen molar-refractivity contribution in [3.8, 4) is 11.4 Å². The van der Waals surface area contributed by atoms with Crippen LogP contribution in [-0.2, 0) is 0 Å². The van der Waals surface area contributed by atoms with Crippen molar-refractivity contribution in [2.75, 3.05) is 0 Å². The Morgan fingerprint density at radius 1 is 0.541 bits per heavy atom. The molecule has 0 bridgehead atoms. The third kappa shape index (κ3) is 8.93. The van der Waals surface area contributed by atoms with Crippen LogP contribution in [-0.4, -0.2) is 9.97 Å². The highest BCUT2D eigenvalue weighted by Gasteiger charge is 2.24. The minimum absolute atomic E-state index is 0.661. The van der Waals surface area contributed by atoms with Crippen LogP contribution < -0.4 is 0 Å². The van der Waals surface area contributed by atoms with Gasteiger partial charge in [-0.3, -0.25) is 0 Å². The van der Waals surface area contributed by atoms with Crippen LogP contribution in [0.15, 0.2) is 36.7 Å². The van der Waals surface area contributed by atoms with Crippen molar-refractivity contribution in [3.63, 3.8) is 0 Å². The zero-order valence-corrected chi connectivity index (χ0v) is 24.1. The van der Waals surface area contributed by atoms with Gasteiger partial charge in [0.15, 0.2) is 5.82 Å². The molecule has 0 saturated heterocycles. The summed E-state index contributed by atoms with van der Waals surface area (Å²) in [5.74, 6) is 4.22. The van der Waals surface area contributed by atoms with Gasteiger partial charge in [-0.15, -0.1) is 0 Å². The van der Waals surface area contributed by atoms with E-state index in [9.17, 15) is 0 Å². The van der Waals surface area contributed by atoms with E-state index in [0.717, 1.165) is 29.1 Å². The van der Waals surface area contributed by atoms with Gasteiger partial charge in [-0.2, -0.15) is 0 Å². The Labute approximate surface area is 228 Å². The summed E-state index contributed by atoms with van der Waals surface area (Å²) >= 11 is 0. The average molecular weight is 503 g/mol. The molecule has 2 saturated carbocycles. The van der Waals surface area contributed by atoms with Gasteiger partial charge in [0, 0.05) is 18.0 Å². The maximum Gasteiger partial charge on any atom is 0.159 e. The van der Waals surface area contributed by atoms with Crippen molar-refractivity contribution in [1.29, 1.82) is 0 Å². The maximum absolute atomic E-state index is 4.80. The highest BCUT2D eigenvalue weighted by atomic mass is 14.9. The van der Waals surface area contributed by atoms with E-state index in [2.05, 4.69) is 50.5 Å². The standard InChI is InChI=1S/C35H54N2/c1-3-5-7-8-9-11-13-29-16-20-32(21-17-29)34-26-36-35(37-27-34)33-24-22-31(23-25-33)30-18-14-28(15-19-30)12-10-6-4-2/h22-30,32H,3-21H2,1-2H3/t28-,29-,30-,32-. The van der Waals surface area contributed by atoms with Crippen LogP contribution in [0.5, 0.6) is 0 Å². The Kier molecular flexibility index (Phi) is 12.0. The topological polar surface area (TPSA) is 25.8 Å². The Morgan fingerprint density at radius 3 is 1.57 bits per heavy atom. The first-order valence-corrected chi connectivity index (χ1v) is 16.2. The molecule has 2 fully saturated rings.